The molecule has 0 bridgehead atoms. The highest BCUT2D eigenvalue weighted by atomic mass is 127. The standard InChI is InChI=1S/C19H26N6O.HI/c1-19(2)15(14-7-8-26-16(14)19)24-18(20-3)21-10-12-5-4-6-13(9-12)17-22-11-23-25-17;/h4-6,9,11,14-16H,7-8,10H2,1-3H3,(H2,20,21,24)(H,22,23,25);1H. The normalized spacial score (nSPS) is 25.9. The van der Waals surface area contributed by atoms with E-state index in [1.165, 1.54) is 6.33 Å². The molecule has 8 heteroatoms. The smallest absolute Gasteiger partial charge is 0.191 e. The molecular formula is C19H27IN6O. The average Bonchev–Trinajstić information content (AvgIpc) is 3.33. The minimum Gasteiger partial charge on any atom is -0.377 e. The third kappa shape index (κ3) is 3.82. The number of ether oxygens (including phenoxy) is 1. The minimum atomic E-state index is 0. The van der Waals surface area contributed by atoms with Crippen LogP contribution in [0.2, 0.25) is 0 Å². The highest BCUT2D eigenvalue weighted by Crippen LogP contribution is 2.52. The summed E-state index contributed by atoms with van der Waals surface area (Å²) in [5.74, 6) is 2.19. The summed E-state index contributed by atoms with van der Waals surface area (Å²) in [5.41, 5.74) is 2.32. The van der Waals surface area contributed by atoms with Gasteiger partial charge in [-0.2, -0.15) is 5.10 Å². The molecule has 1 saturated heterocycles. The summed E-state index contributed by atoms with van der Waals surface area (Å²) in [6, 6.07) is 8.64. The van der Waals surface area contributed by atoms with E-state index in [1.54, 1.807) is 0 Å². The second-order valence-electron chi connectivity index (χ2n) is 7.65. The van der Waals surface area contributed by atoms with Gasteiger partial charge in [-0.1, -0.05) is 32.0 Å². The van der Waals surface area contributed by atoms with Crippen LogP contribution in [0, 0.1) is 11.3 Å². The predicted octanol–water partition coefficient (Wildman–Crippen LogP) is 2.57. The zero-order valence-electron chi connectivity index (χ0n) is 15.9. The van der Waals surface area contributed by atoms with Crippen molar-refractivity contribution >= 4 is 29.9 Å². The summed E-state index contributed by atoms with van der Waals surface area (Å²) in [4.78, 5) is 8.61. The molecule has 27 heavy (non-hydrogen) atoms. The van der Waals surface area contributed by atoms with Crippen molar-refractivity contribution in [1.82, 2.24) is 25.8 Å². The third-order valence-corrected chi connectivity index (χ3v) is 5.69. The molecule has 1 aliphatic heterocycles. The number of halogens is 1. The van der Waals surface area contributed by atoms with Crippen molar-refractivity contribution in [2.24, 2.45) is 16.3 Å². The van der Waals surface area contributed by atoms with Crippen LogP contribution in [0.25, 0.3) is 11.4 Å². The van der Waals surface area contributed by atoms with Gasteiger partial charge in [0.25, 0.3) is 0 Å². The van der Waals surface area contributed by atoms with E-state index in [1.807, 2.05) is 19.2 Å². The first kappa shape index (κ1) is 20.1. The molecule has 3 atom stereocenters. The van der Waals surface area contributed by atoms with Crippen molar-refractivity contribution in [3.05, 3.63) is 36.2 Å². The molecular weight excluding hydrogens is 455 g/mol. The van der Waals surface area contributed by atoms with Gasteiger partial charge in [-0.15, -0.1) is 24.0 Å². The van der Waals surface area contributed by atoms with Gasteiger partial charge >= 0.3 is 0 Å². The van der Waals surface area contributed by atoms with E-state index in [4.69, 9.17) is 4.74 Å². The quantitative estimate of drug-likeness (QED) is 0.354. The number of benzene rings is 1. The lowest BCUT2D eigenvalue weighted by Gasteiger charge is -2.54. The molecule has 2 aromatic rings. The zero-order valence-corrected chi connectivity index (χ0v) is 18.2. The molecule has 146 valence electrons. The number of hydrogen-bond donors (Lipinski definition) is 3. The van der Waals surface area contributed by atoms with Crippen LogP contribution in [0.1, 0.15) is 25.8 Å². The summed E-state index contributed by atoms with van der Waals surface area (Å²) in [7, 11) is 1.81. The molecule has 1 aromatic carbocycles. The van der Waals surface area contributed by atoms with E-state index in [0.717, 1.165) is 35.9 Å². The van der Waals surface area contributed by atoms with E-state index in [9.17, 15) is 0 Å². The summed E-state index contributed by atoms with van der Waals surface area (Å²) in [5, 5.41) is 13.8. The van der Waals surface area contributed by atoms with Gasteiger partial charge in [-0.3, -0.25) is 10.1 Å². The monoisotopic (exact) mass is 482 g/mol. The maximum atomic E-state index is 5.88. The largest absolute Gasteiger partial charge is 0.377 e. The first-order chi connectivity index (χ1) is 12.6. The third-order valence-electron chi connectivity index (χ3n) is 5.69. The first-order valence-corrected chi connectivity index (χ1v) is 9.13. The van der Waals surface area contributed by atoms with E-state index >= 15 is 0 Å². The van der Waals surface area contributed by atoms with Gasteiger partial charge in [0.05, 0.1) is 6.10 Å². The predicted molar refractivity (Wildman–Crippen MR) is 116 cm³/mol. The molecule has 2 aliphatic rings. The molecule has 3 N–H and O–H groups in total. The van der Waals surface area contributed by atoms with E-state index in [2.05, 4.69) is 56.8 Å². The topological polar surface area (TPSA) is 87.2 Å². The van der Waals surface area contributed by atoms with Crippen LogP contribution in [0.15, 0.2) is 35.6 Å². The molecule has 1 saturated carbocycles. The summed E-state index contributed by atoms with van der Waals surface area (Å²) >= 11 is 0. The van der Waals surface area contributed by atoms with Crippen molar-refractivity contribution < 1.29 is 4.74 Å². The number of H-pyrrole nitrogens is 1. The fourth-order valence-corrected chi connectivity index (χ4v) is 4.32. The summed E-state index contributed by atoms with van der Waals surface area (Å²) in [6.45, 7) is 6.10. The van der Waals surface area contributed by atoms with Crippen LogP contribution >= 0.6 is 24.0 Å². The molecule has 0 radical (unpaired) electrons. The highest BCUT2D eigenvalue weighted by Gasteiger charge is 2.59. The maximum Gasteiger partial charge on any atom is 0.191 e. The molecule has 3 unspecified atom stereocenters. The molecule has 0 amide bonds. The Balaban J connectivity index is 0.00000210. The SMILES string of the molecule is CN=C(NCc1cccc(-c2ncn[nH]2)c1)NC1C2CCOC2C1(C)C.I. The number of aliphatic imine (C=N–C) groups is 1. The Bertz CT molecular complexity index is 791. The van der Waals surface area contributed by atoms with Crippen molar-refractivity contribution in [3.8, 4) is 11.4 Å². The number of nitrogens with one attached hydrogen (secondary N) is 3. The molecule has 1 aliphatic carbocycles. The average molecular weight is 482 g/mol. The molecule has 7 nitrogen and oxygen atoms in total. The van der Waals surface area contributed by atoms with E-state index < -0.39 is 0 Å². The number of guanidine groups is 1. The Morgan fingerprint density at radius 3 is 3.00 bits per heavy atom. The van der Waals surface area contributed by atoms with Crippen LogP contribution in [0.5, 0.6) is 0 Å². The van der Waals surface area contributed by atoms with Gasteiger partial charge in [0, 0.05) is 43.1 Å². The number of nitrogens with zero attached hydrogens (tertiary/aromatic N) is 3. The zero-order chi connectivity index (χ0) is 18.1. The maximum absolute atomic E-state index is 5.88. The van der Waals surface area contributed by atoms with Crippen LogP contribution in [-0.4, -0.2) is 46.9 Å². The van der Waals surface area contributed by atoms with Crippen LogP contribution in [0.3, 0.4) is 0 Å². The van der Waals surface area contributed by atoms with Crippen molar-refractivity contribution in [2.75, 3.05) is 13.7 Å². The number of aromatic amines is 1. The Kier molecular flexibility index (Phi) is 6.05. The second-order valence-corrected chi connectivity index (χ2v) is 7.65. The second kappa shape index (κ2) is 8.14. The Labute approximate surface area is 176 Å². The van der Waals surface area contributed by atoms with E-state index in [0.29, 0.717) is 24.6 Å². The lowest BCUT2D eigenvalue weighted by atomic mass is 9.57. The molecule has 2 fully saturated rings. The fraction of sp³-hybridized carbons (Fsp3) is 0.526. The Hall–Kier alpha value is -1.68. The van der Waals surface area contributed by atoms with Gasteiger partial charge in [-0.05, 0) is 18.1 Å². The van der Waals surface area contributed by atoms with E-state index in [-0.39, 0.29) is 29.4 Å². The van der Waals surface area contributed by atoms with Gasteiger partial charge in [-0.25, -0.2) is 4.98 Å². The number of rotatable bonds is 4. The lowest BCUT2D eigenvalue weighted by molar-refractivity contribution is -0.106. The Morgan fingerprint density at radius 2 is 2.26 bits per heavy atom. The van der Waals surface area contributed by atoms with Crippen LogP contribution in [-0.2, 0) is 11.3 Å². The van der Waals surface area contributed by atoms with Crippen molar-refractivity contribution in [2.45, 2.75) is 39.0 Å². The number of hydrogen-bond acceptors (Lipinski definition) is 4. The highest BCUT2D eigenvalue weighted by molar-refractivity contribution is 14.0. The number of fused-ring (bicyclic) bond motifs is 1. The molecule has 0 spiro atoms. The van der Waals surface area contributed by atoms with Gasteiger partial charge in [0.2, 0.25) is 0 Å². The summed E-state index contributed by atoms with van der Waals surface area (Å²) < 4.78 is 5.88. The number of aromatic nitrogens is 3. The molecule has 4 rings (SSSR count). The molecule has 1 aromatic heterocycles. The fourth-order valence-electron chi connectivity index (χ4n) is 4.32. The Morgan fingerprint density at radius 1 is 1.41 bits per heavy atom. The van der Waals surface area contributed by atoms with Gasteiger partial charge in [0.1, 0.15) is 6.33 Å². The van der Waals surface area contributed by atoms with Crippen LogP contribution < -0.4 is 10.6 Å². The minimum absolute atomic E-state index is 0. The van der Waals surface area contributed by atoms with Gasteiger partial charge < -0.3 is 15.4 Å². The lowest BCUT2D eigenvalue weighted by Crippen LogP contribution is -2.67. The van der Waals surface area contributed by atoms with Crippen molar-refractivity contribution in [1.29, 1.82) is 0 Å². The summed E-state index contributed by atoms with van der Waals surface area (Å²) in [6.07, 6.45) is 3.02. The molecule has 2 heterocycles. The van der Waals surface area contributed by atoms with Crippen LogP contribution in [0.4, 0.5) is 0 Å². The first-order valence-electron chi connectivity index (χ1n) is 9.13. The van der Waals surface area contributed by atoms with Gasteiger partial charge in [0.15, 0.2) is 11.8 Å². The van der Waals surface area contributed by atoms with Crippen molar-refractivity contribution in [3.63, 3.8) is 0 Å².